The van der Waals surface area contributed by atoms with Crippen molar-refractivity contribution >= 4 is 11.8 Å². The second-order valence-electron chi connectivity index (χ2n) is 4.49. The highest BCUT2D eigenvalue weighted by molar-refractivity contribution is 7.98. The van der Waals surface area contributed by atoms with Gasteiger partial charge in [0.1, 0.15) is 23.0 Å². The third kappa shape index (κ3) is 4.38. The van der Waals surface area contributed by atoms with Crippen molar-refractivity contribution in [2.45, 2.75) is 37.9 Å². The average Bonchev–Trinajstić information content (AvgIpc) is 3.02. The summed E-state index contributed by atoms with van der Waals surface area (Å²) in [5, 5.41) is 3.26. The first-order valence-corrected chi connectivity index (χ1v) is 7.36. The fraction of sp³-hybridized carbons (Fsp3) is 0.429. The molecule has 1 unspecified atom stereocenters. The normalized spacial score (nSPS) is 13.1. The van der Waals surface area contributed by atoms with E-state index in [1.54, 1.807) is 12.1 Å². The summed E-state index contributed by atoms with van der Waals surface area (Å²) < 4.78 is 35.1. The standard InChI is InChI=1S/C14H17F2NO2S/c1-9-3-6-13(18-9)10(2)17-7-11-4-5-12(19-11)8-20-14(15)16/h3-6,10,14,17H,7-8H2,1-2H3. The van der Waals surface area contributed by atoms with Crippen LogP contribution >= 0.6 is 11.8 Å². The molecule has 0 saturated carbocycles. The van der Waals surface area contributed by atoms with Gasteiger partial charge < -0.3 is 14.2 Å². The average molecular weight is 301 g/mol. The zero-order chi connectivity index (χ0) is 14.5. The molecule has 0 bridgehead atoms. The molecule has 0 aliphatic rings. The molecular formula is C14H17F2NO2S. The number of nitrogens with one attached hydrogen (secondary N) is 1. The van der Waals surface area contributed by atoms with Crippen molar-refractivity contribution in [2.24, 2.45) is 0 Å². The van der Waals surface area contributed by atoms with Gasteiger partial charge >= 0.3 is 0 Å². The molecule has 1 N–H and O–H groups in total. The summed E-state index contributed by atoms with van der Waals surface area (Å²) in [6.45, 7) is 4.42. The largest absolute Gasteiger partial charge is 0.465 e. The zero-order valence-electron chi connectivity index (χ0n) is 11.4. The van der Waals surface area contributed by atoms with Crippen molar-refractivity contribution in [2.75, 3.05) is 0 Å². The van der Waals surface area contributed by atoms with E-state index in [-0.39, 0.29) is 11.8 Å². The minimum atomic E-state index is -2.37. The van der Waals surface area contributed by atoms with Crippen molar-refractivity contribution in [3.63, 3.8) is 0 Å². The maximum Gasteiger partial charge on any atom is 0.284 e. The molecule has 2 rings (SSSR count). The van der Waals surface area contributed by atoms with Crippen molar-refractivity contribution in [3.05, 3.63) is 47.3 Å². The molecule has 1 atom stereocenters. The van der Waals surface area contributed by atoms with Crippen LogP contribution in [0.25, 0.3) is 0 Å². The second kappa shape index (κ2) is 6.95. The predicted octanol–water partition coefficient (Wildman–Crippen LogP) is 4.49. The number of halogens is 2. The van der Waals surface area contributed by atoms with Gasteiger partial charge in [0.15, 0.2) is 0 Å². The Hall–Kier alpha value is -1.27. The zero-order valence-corrected chi connectivity index (χ0v) is 12.2. The monoisotopic (exact) mass is 301 g/mol. The third-order valence-corrected chi connectivity index (χ3v) is 3.54. The van der Waals surface area contributed by atoms with Gasteiger partial charge in [-0.25, -0.2) is 0 Å². The molecule has 110 valence electrons. The smallest absolute Gasteiger partial charge is 0.284 e. The number of rotatable bonds is 7. The van der Waals surface area contributed by atoms with Crippen LogP contribution in [0.15, 0.2) is 33.1 Å². The Kier molecular flexibility index (Phi) is 5.25. The van der Waals surface area contributed by atoms with Crippen LogP contribution < -0.4 is 5.32 Å². The second-order valence-corrected chi connectivity index (χ2v) is 5.47. The van der Waals surface area contributed by atoms with Crippen LogP contribution in [0, 0.1) is 6.92 Å². The summed E-state index contributed by atoms with van der Waals surface area (Å²) in [5.74, 6) is 0.841. The maximum atomic E-state index is 12.1. The van der Waals surface area contributed by atoms with E-state index in [1.807, 2.05) is 26.0 Å². The molecule has 0 aliphatic heterocycles. The molecule has 0 fully saturated rings. The predicted molar refractivity (Wildman–Crippen MR) is 74.7 cm³/mol. The molecule has 2 aromatic heterocycles. The van der Waals surface area contributed by atoms with E-state index in [0.29, 0.717) is 24.1 Å². The van der Waals surface area contributed by atoms with E-state index in [2.05, 4.69) is 5.32 Å². The molecule has 20 heavy (non-hydrogen) atoms. The molecule has 3 nitrogen and oxygen atoms in total. The van der Waals surface area contributed by atoms with Gasteiger partial charge in [0.25, 0.3) is 5.76 Å². The third-order valence-electron chi connectivity index (χ3n) is 2.84. The first kappa shape index (κ1) is 15.1. The summed E-state index contributed by atoms with van der Waals surface area (Å²) in [6.07, 6.45) is 0. The number of aryl methyl sites for hydroxylation is 1. The minimum Gasteiger partial charge on any atom is -0.465 e. The van der Waals surface area contributed by atoms with E-state index in [9.17, 15) is 8.78 Å². The molecule has 6 heteroatoms. The highest BCUT2D eigenvalue weighted by Crippen LogP contribution is 2.22. The fourth-order valence-corrected chi connectivity index (χ4v) is 2.23. The van der Waals surface area contributed by atoms with Crippen LogP contribution in [0.3, 0.4) is 0 Å². The van der Waals surface area contributed by atoms with Crippen molar-refractivity contribution in [3.8, 4) is 0 Å². The van der Waals surface area contributed by atoms with Crippen LogP contribution in [0.4, 0.5) is 8.78 Å². The molecular weight excluding hydrogens is 284 g/mol. The lowest BCUT2D eigenvalue weighted by Crippen LogP contribution is -2.17. The van der Waals surface area contributed by atoms with Gasteiger partial charge in [-0.05, 0) is 38.1 Å². The van der Waals surface area contributed by atoms with E-state index in [1.165, 1.54) is 0 Å². The van der Waals surface area contributed by atoms with Gasteiger partial charge in [-0.3, -0.25) is 0 Å². The lowest BCUT2D eigenvalue weighted by atomic mass is 10.2. The Morgan fingerprint density at radius 2 is 1.90 bits per heavy atom. The molecule has 2 aromatic rings. The summed E-state index contributed by atoms with van der Waals surface area (Å²) in [7, 11) is 0. The molecule has 0 radical (unpaired) electrons. The van der Waals surface area contributed by atoms with Gasteiger partial charge in [-0.15, -0.1) is 0 Å². The Balaban J connectivity index is 1.82. The SMILES string of the molecule is Cc1ccc(C(C)NCc2ccc(CSC(F)F)o2)o1. The molecule has 2 heterocycles. The van der Waals surface area contributed by atoms with Crippen molar-refractivity contribution in [1.82, 2.24) is 5.32 Å². The lowest BCUT2D eigenvalue weighted by Gasteiger charge is -2.09. The molecule has 0 spiro atoms. The number of hydrogen-bond donors (Lipinski definition) is 1. The topological polar surface area (TPSA) is 38.3 Å². The van der Waals surface area contributed by atoms with Crippen LogP contribution in [0.1, 0.15) is 36.0 Å². The van der Waals surface area contributed by atoms with Crippen molar-refractivity contribution < 1.29 is 17.6 Å². The van der Waals surface area contributed by atoms with E-state index < -0.39 is 5.76 Å². The van der Waals surface area contributed by atoms with Crippen molar-refractivity contribution in [1.29, 1.82) is 0 Å². The van der Waals surface area contributed by atoms with Gasteiger partial charge in [-0.2, -0.15) is 8.78 Å². The number of alkyl halides is 2. The first-order chi connectivity index (χ1) is 9.54. The van der Waals surface area contributed by atoms with Crippen LogP contribution in [0.5, 0.6) is 0 Å². The van der Waals surface area contributed by atoms with E-state index >= 15 is 0 Å². The minimum absolute atomic E-state index is 0.0627. The summed E-state index contributed by atoms with van der Waals surface area (Å²) in [6, 6.07) is 7.44. The highest BCUT2D eigenvalue weighted by Gasteiger charge is 2.11. The maximum absolute atomic E-state index is 12.1. The number of furan rings is 2. The van der Waals surface area contributed by atoms with E-state index in [4.69, 9.17) is 8.83 Å². The lowest BCUT2D eigenvalue weighted by molar-refractivity contribution is 0.251. The summed E-state index contributed by atoms with van der Waals surface area (Å²) in [5.41, 5.74) is 0. The van der Waals surface area contributed by atoms with Crippen LogP contribution in [-0.4, -0.2) is 5.76 Å². The molecule has 0 aromatic carbocycles. The Labute approximate surface area is 120 Å². The molecule has 0 saturated heterocycles. The van der Waals surface area contributed by atoms with Gasteiger partial charge in [0.2, 0.25) is 0 Å². The molecule has 0 amide bonds. The highest BCUT2D eigenvalue weighted by atomic mass is 32.2. The van der Waals surface area contributed by atoms with Gasteiger partial charge in [-0.1, -0.05) is 11.8 Å². The van der Waals surface area contributed by atoms with Gasteiger partial charge in [0.05, 0.1) is 18.3 Å². The summed E-state index contributed by atoms with van der Waals surface area (Å²) in [4.78, 5) is 0. The Morgan fingerprint density at radius 3 is 2.55 bits per heavy atom. The van der Waals surface area contributed by atoms with Gasteiger partial charge in [0, 0.05) is 0 Å². The van der Waals surface area contributed by atoms with Crippen LogP contribution in [-0.2, 0) is 12.3 Å². The quantitative estimate of drug-likeness (QED) is 0.818. The fourth-order valence-electron chi connectivity index (χ4n) is 1.78. The van der Waals surface area contributed by atoms with E-state index in [0.717, 1.165) is 17.3 Å². The number of thioether (sulfide) groups is 1. The Bertz CT molecular complexity index is 539. The summed E-state index contributed by atoms with van der Waals surface area (Å²) >= 11 is 0.559. The number of hydrogen-bond acceptors (Lipinski definition) is 4. The van der Waals surface area contributed by atoms with Crippen LogP contribution in [0.2, 0.25) is 0 Å². The Morgan fingerprint density at radius 1 is 1.15 bits per heavy atom. The first-order valence-electron chi connectivity index (χ1n) is 6.31. The molecule has 0 aliphatic carbocycles.